The summed E-state index contributed by atoms with van der Waals surface area (Å²) >= 11 is 0. The van der Waals surface area contributed by atoms with Crippen LogP contribution in [0.2, 0.25) is 0 Å². The number of hydrogen-bond acceptors (Lipinski definition) is 5. The molecule has 5 aromatic rings. The van der Waals surface area contributed by atoms with E-state index in [9.17, 15) is 4.79 Å². The van der Waals surface area contributed by atoms with Crippen molar-refractivity contribution < 1.29 is 13.9 Å². The smallest absolute Gasteiger partial charge is 0.216 e. The van der Waals surface area contributed by atoms with Crippen molar-refractivity contribution in [3.8, 4) is 22.8 Å². The summed E-state index contributed by atoms with van der Waals surface area (Å²) in [5.41, 5.74) is 9.18. The summed E-state index contributed by atoms with van der Waals surface area (Å²) in [5.74, 6) is 1.43. The number of benzene rings is 4. The van der Waals surface area contributed by atoms with Crippen molar-refractivity contribution in [1.29, 1.82) is 0 Å². The van der Waals surface area contributed by atoms with Crippen molar-refractivity contribution in [2.45, 2.75) is 13.2 Å². The van der Waals surface area contributed by atoms with Gasteiger partial charge < -0.3 is 19.6 Å². The molecule has 0 bridgehead atoms. The lowest BCUT2D eigenvalue weighted by molar-refractivity contribution is 0.256. The van der Waals surface area contributed by atoms with Gasteiger partial charge in [-0.3, -0.25) is 4.79 Å². The van der Waals surface area contributed by atoms with Crippen LogP contribution < -0.4 is 20.6 Å². The van der Waals surface area contributed by atoms with E-state index in [-0.39, 0.29) is 11.1 Å². The molecule has 0 amide bonds. The zero-order chi connectivity index (χ0) is 23.3. The predicted octanol–water partition coefficient (Wildman–Crippen LogP) is 6.20. The maximum absolute atomic E-state index is 12.8. The van der Waals surface area contributed by atoms with E-state index in [1.807, 2.05) is 78.9 Å². The first-order valence-electron chi connectivity index (χ1n) is 11.0. The van der Waals surface area contributed by atoms with Crippen LogP contribution in [0.1, 0.15) is 11.1 Å². The highest BCUT2D eigenvalue weighted by atomic mass is 16.5. The van der Waals surface area contributed by atoms with Crippen molar-refractivity contribution >= 4 is 16.7 Å². The van der Waals surface area contributed by atoms with Crippen molar-refractivity contribution in [2.75, 3.05) is 5.73 Å². The normalized spacial score (nSPS) is 10.8. The molecule has 0 spiro atoms. The second kappa shape index (κ2) is 9.55. The predicted molar refractivity (Wildman–Crippen MR) is 134 cm³/mol. The molecule has 5 nitrogen and oxygen atoms in total. The standard InChI is InChI=1S/C29H23NO4/c30-27-28(31)23-13-7-8-14-24(23)34-29(27)22-15-16-25(32-18-20-9-3-1-4-10-20)26(17-22)33-19-21-11-5-2-6-12-21/h1-17H,18-19,30H2. The summed E-state index contributed by atoms with van der Waals surface area (Å²) in [6.45, 7) is 0.762. The fraction of sp³-hybridized carbons (Fsp3) is 0.0690. The van der Waals surface area contributed by atoms with E-state index in [4.69, 9.17) is 19.6 Å². The maximum Gasteiger partial charge on any atom is 0.216 e. The molecule has 0 fully saturated rings. The highest BCUT2D eigenvalue weighted by Gasteiger charge is 2.16. The maximum atomic E-state index is 12.8. The molecule has 0 aliphatic carbocycles. The Morgan fingerprint density at radius 2 is 1.26 bits per heavy atom. The minimum Gasteiger partial charge on any atom is -0.485 e. The third-order valence-electron chi connectivity index (χ3n) is 5.51. The molecular weight excluding hydrogens is 426 g/mol. The number of ether oxygens (including phenoxy) is 2. The van der Waals surface area contributed by atoms with Gasteiger partial charge >= 0.3 is 0 Å². The highest BCUT2D eigenvalue weighted by Crippen LogP contribution is 2.36. The van der Waals surface area contributed by atoms with Crippen molar-refractivity contribution in [1.82, 2.24) is 0 Å². The molecule has 0 atom stereocenters. The summed E-state index contributed by atoms with van der Waals surface area (Å²) in [6, 6.07) is 32.3. The molecule has 2 N–H and O–H groups in total. The Balaban J connectivity index is 1.52. The minimum absolute atomic E-state index is 0.0608. The van der Waals surface area contributed by atoms with Crippen LogP contribution in [-0.2, 0) is 13.2 Å². The fourth-order valence-corrected chi connectivity index (χ4v) is 3.72. The van der Waals surface area contributed by atoms with Gasteiger partial charge in [-0.1, -0.05) is 72.8 Å². The SMILES string of the molecule is Nc1c(-c2ccc(OCc3ccccc3)c(OCc3ccccc3)c2)oc2ccccc2c1=O. The molecule has 5 rings (SSSR count). The molecule has 0 saturated heterocycles. The van der Waals surface area contributed by atoms with Gasteiger partial charge in [0.05, 0.1) is 5.39 Å². The molecule has 5 heteroatoms. The fourth-order valence-electron chi connectivity index (χ4n) is 3.72. The molecule has 0 aliphatic rings. The zero-order valence-corrected chi connectivity index (χ0v) is 18.4. The van der Waals surface area contributed by atoms with E-state index in [1.165, 1.54) is 0 Å². The Kier molecular flexibility index (Phi) is 5.99. The minimum atomic E-state index is -0.256. The number of nitrogen functional groups attached to an aromatic ring is 1. The lowest BCUT2D eigenvalue weighted by Crippen LogP contribution is -2.10. The van der Waals surface area contributed by atoms with Crippen molar-refractivity contribution in [3.63, 3.8) is 0 Å². The number of fused-ring (bicyclic) bond motifs is 1. The van der Waals surface area contributed by atoms with Gasteiger partial charge in [0.2, 0.25) is 5.43 Å². The number of para-hydroxylation sites is 1. The van der Waals surface area contributed by atoms with Crippen LogP contribution in [0, 0.1) is 0 Å². The van der Waals surface area contributed by atoms with Gasteiger partial charge in [-0.05, 0) is 41.5 Å². The summed E-state index contributed by atoms with van der Waals surface area (Å²) in [6.07, 6.45) is 0. The first kappa shape index (κ1) is 21.3. The Hall–Kier alpha value is -4.51. The third kappa shape index (κ3) is 4.50. The number of anilines is 1. The second-order valence-corrected chi connectivity index (χ2v) is 7.88. The van der Waals surface area contributed by atoms with Gasteiger partial charge in [-0.2, -0.15) is 0 Å². The largest absolute Gasteiger partial charge is 0.485 e. The molecule has 168 valence electrons. The topological polar surface area (TPSA) is 74.7 Å². The van der Waals surface area contributed by atoms with Crippen molar-refractivity contribution in [3.05, 3.63) is 124 Å². The number of rotatable bonds is 7. The first-order valence-corrected chi connectivity index (χ1v) is 11.0. The average Bonchev–Trinajstić information content (AvgIpc) is 2.90. The molecule has 4 aromatic carbocycles. The summed E-state index contributed by atoms with van der Waals surface area (Å²) in [5, 5.41) is 0.451. The van der Waals surface area contributed by atoms with Crippen molar-refractivity contribution in [2.24, 2.45) is 0 Å². The molecule has 1 aromatic heterocycles. The van der Waals surface area contributed by atoms with E-state index in [0.717, 1.165) is 11.1 Å². The van der Waals surface area contributed by atoms with Crippen LogP contribution in [0.4, 0.5) is 5.69 Å². The number of hydrogen-bond donors (Lipinski definition) is 1. The highest BCUT2D eigenvalue weighted by molar-refractivity contribution is 5.85. The lowest BCUT2D eigenvalue weighted by atomic mass is 10.1. The van der Waals surface area contributed by atoms with Gasteiger partial charge in [0.1, 0.15) is 24.5 Å². The molecular formula is C29H23NO4. The molecule has 0 aliphatic heterocycles. The molecule has 0 saturated carbocycles. The Morgan fingerprint density at radius 1 is 0.676 bits per heavy atom. The van der Waals surface area contributed by atoms with Crippen LogP contribution in [0.5, 0.6) is 11.5 Å². The van der Waals surface area contributed by atoms with Gasteiger partial charge in [0, 0.05) is 5.56 Å². The first-order chi connectivity index (χ1) is 16.7. The molecule has 1 heterocycles. The van der Waals surface area contributed by atoms with Crippen LogP contribution in [0.25, 0.3) is 22.3 Å². The number of nitrogens with two attached hydrogens (primary N) is 1. The van der Waals surface area contributed by atoms with Crippen LogP contribution in [0.3, 0.4) is 0 Å². The van der Waals surface area contributed by atoms with E-state index in [2.05, 4.69) is 0 Å². The summed E-state index contributed by atoms with van der Waals surface area (Å²) < 4.78 is 18.2. The van der Waals surface area contributed by atoms with E-state index >= 15 is 0 Å². The Morgan fingerprint density at radius 3 is 1.94 bits per heavy atom. The van der Waals surface area contributed by atoms with Crippen LogP contribution in [-0.4, -0.2) is 0 Å². The quantitative estimate of drug-likeness (QED) is 0.320. The zero-order valence-electron chi connectivity index (χ0n) is 18.4. The van der Waals surface area contributed by atoms with Crippen LogP contribution >= 0.6 is 0 Å². The molecule has 0 radical (unpaired) electrons. The Labute approximate surface area is 197 Å². The van der Waals surface area contributed by atoms with Gasteiger partial charge in [0.15, 0.2) is 17.3 Å². The third-order valence-corrected chi connectivity index (χ3v) is 5.51. The molecule has 0 unspecified atom stereocenters. The molecule has 34 heavy (non-hydrogen) atoms. The van der Waals surface area contributed by atoms with Gasteiger partial charge in [-0.25, -0.2) is 0 Å². The Bertz CT molecular complexity index is 1480. The van der Waals surface area contributed by atoms with E-state index in [1.54, 1.807) is 24.3 Å². The van der Waals surface area contributed by atoms with E-state index in [0.29, 0.717) is 47.0 Å². The van der Waals surface area contributed by atoms with Crippen LogP contribution in [0.15, 0.2) is 112 Å². The van der Waals surface area contributed by atoms with E-state index < -0.39 is 0 Å². The van der Waals surface area contributed by atoms with Gasteiger partial charge in [-0.15, -0.1) is 0 Å². The second-order valence-electron chi connectivity index (χ2n) is 7.88. The monoisotopic (exact) mass is 449 g/mol. The van der Waals surface area contributed by atoms with Gasteiger partial charge in [0.25, 0.3) is 0 Å². The lowest BCUT2D eigenvalue weighted by Gasteiger charge is -2.15. The average molecular weight is 450 g/mol. The summed E-state index contributed by atoms with van der Waals surface area (Å²) in [7, 11) is 0. The summed E-state index contributed by atoms with van der Waals surface area (Å²) in [4.78, 5) is 12.8.